The molecule has 1 aromatic heterocycles. The van der Waals surface area contributed by atoms with Gasteiger partial charge in [0.25, 0.3) is 11.6 Å². The first kappa shape index (κ1) is 13.3. The minimum atomic E-state index is -0.661. The number of non-ortho nitro benzene ring substituents is 1. The van der Waals surface area contributed by atoms with E-state index in [9.17, 15) is 14.9 Å². The number of H-pyrrole nitrogens is 1. The van der Waals surface area contributed by atoms with Crippen LogP contribution in [0.25, 0.3) is 0 Å². The Morgan fingerprint density at radius 2 is 2.16 bits per heavy atom. The van der Waals surface area contributed by atoms with E-state index in [2.05, 4.69) is 15.3 Å². The number of nitro groups is 1. The number of hydrogen-bond donors (Lipinski definition) is 2. The second-order valence-corrected chi connectivity index (χ2v) is 4.22. The molecular weight excluding hydrogens is 295 g/mol. The lowest BCUT2D eigenvalue weighted by atomic mass is 10.2. The Bertz CT molecular complexity index is 642. The maximum Gasteiger partial charge on any atom is 0.271 e. The molecule has 0 radical (unpaired) electrons. The second-order valence-electron chi connectivity index (χ2n) is 3.44. The third kappa shape index (κ3) is 2.83. The maximum absolute atomic E-state index is 11.9. The molecule has 0 aliphatic heterocycles. The van der Waals surface area contributed by atoms with E-state index in [1.54, 1.807) is 0 Å². The Morgan fingerprint density at radius 1 is 1.42 bits per heavy atom. The van der Waals surface area contributed by atoms with Crippen LogP contribution in [0, 0.1) is 10.1 Å². The van der Waals surface area contributed by atoms with Crippen molar-refractivity contribution in [3.05, 3.63) is 50.2 Å². The van der Waals surface area contributed by atoms with Crippen molar-refractivity contribution in [3.63, 3.8) is 0 Å². The summed E-state index contributed by atoms with van der Waals surface area (Å²) in [4.78, 5) is 28.4. The quantitative estimate of drug-likeness (QED) is 0.672. The molecule has 2 N–H and O–H groups in total. The topological polar surface area (TPSA) is 101 Å². The van der Waals surface area contributed by atoms with Crippen molar-refractivity contribution >= 4 is 40.7 Å². The van der Waals surface area contributed by atoms with Gasteiger partial charge < -0.3 is 4.98 Å². The zero-order valence-electron chi connectivity index (χ0n) is 9.18. The number of carbonyl (C=O) groups excluding carboxylic acids is 1. The Kier molecular flexibility index (Phi) is 3.68. The summed E-state index contributed by atoms with van der Waals surface area (Å²) in [6.07, 6.45) is 2.95. The predicted molar refractivity (Wildman–Crippen MR) is 69.7 cm³/mol. The first-order valence-corrected chi connectivity index (χ1v) is 5.69. The fraction of sp³-hybridized carbons (Fsp3) is 0. The van der Waals surface area contributed by atoms with Crippen LogP contribution in [-0.4, -0.2) is 20.8 Å². The van der Waals surface area contributed by atoms with Gasteiger partial charge in [-0.1, -0.05) is 23.2 Å². The van der Waals surface area contributed by atoms with Gasteiger partial charge in [-0.05, 0) is 0 Å². The van der Waals surface area contributed by atoms with Gasteiger partial charge in [0.15, 0.2) is 0 Å². The molecule has 0 saturated heterocycles. The number of anilines is 1. The highest BCUT2D eigenvalue weighted by atomic mass is 35.5. The van der Waals surface area contributed by atoms with Crippen molar-refractivity contribution in [1.82, 2.24) is 9.97 Å². The fourth-order valence-electron chi connectivity index (χ4n) is 1.35. The molecule has 2 rings (SSSR count). The van der Waals surface area contributed by atoms with Gasteiger partial charge >= 0.3 is 0 Å². The lowest BCUT2D eigenvalue weighted by Crippen LogP contribution is -2.14. The number of imidazole rings is 1. The normalized spacial score (nSPS) is 10.2. The van der Waals surface area contributed by atoms with Gasteiger partial charge in [0.1, 0.15) is 0 Å². The van der Waals surface area contributed by atoms with Gasteiger partial charge in [-0.2, -0.15) is 0 Å². The van der Waals surface area contributed by atoms with Crippen LogP contribution in [0.1, 0.15) is 10.4 Å². The number of nitro benzene ring substituents is 1. The van der Waals surface area contributed by atoms with Crippen LogP contribution in [0.15, 0.2) is 24.5 Å². The monoisotopic (exact) mass is 300 g/mol. The van der Waals surface area contributed by atoms with E-state index in [0.717, 1.165) is 12.1 Å². The van der Waals surface area contributed by atoms with Gasteiger partial charge in [-0.3, -0.25) is 20.2 Å². The lowest BCUT2D eigenvalue weighted by Gasteiger charge is -2.05. The number of carbonyl (C=O) groups is 1. The van der Waals surface area contributed by atoms with E-state index >= 15 is 0 Å². The molecule has 0 atom stereocenters. The van der Waals surface area contributed by atoms with Crippen LogP contribution in [-0.2, 0) is 0 Å². The van der Waals surface area contributed by atoms with Gasteiger partial charge in [-0.25, -0.2) is 4.98 Å². The number of hydrogen-bond acceptors (Lipinski definition) is 4. The van der Waals surface area contributed by atoms with E-state index in [0.29, 0.717) is 0 Å². The Morgan fingerprint density at radius 3 is 2.74 bits per heavy atom. The number of aromatic amines is 1. The molecule has 7 nitrogen and oxygen atoms in total. The summed E-state index contributed by atoms with van der Waals surface area (Å²) in [5.74, 6) is -0.450. The summed E-state index contributed by atoms with van der Waals surface area (Å²) in [6.45, 7) is 0. The Hall–Kier alpha value is -2.12. The van der Waals surface area contributed by atoms with Crippen molar-refractivity contribution in [2.75, 3.05) is 5.32 Å². The van der Waals surface area contributed by atoms with E-state index in [4.69, 9.17) is 23.2 Å². The molecule has 0 spiro atoms. The van der Waals surface area contributed by atoms with Crippen LogP contribution in [0.5, 0.6) is 0 Å². The summed E-state index contributed by atoms with van der Waals surface area (Å²) in [7, 11) is 0. The lowest BCUT2D eigenvalue weighted by molar-refractivity contribution is -0.384. The van der Waals surface area contributed by atoms with Crippen LogP contribution in [0.2, 0.25) is 10.0 Å². The molecular formula is C10H6Cl2N4O3. The zero-order valence-corrected chi connectivity index (χ0v) is 10.7. The number of rotatable bonds is 3. The van der Waals surface area contributed by atoms with Crippen molar-refractivity contribution < 1.29 is 9.72 Å². The Balaban J connectivity index is 2.38. The average molecular weight is 301 g/mol. The van der Waals surface area contributed by atoms with E-state index in [1.165, 1.54) is 12.4 Å². The van der Waals surface area contributed by atoms with E-state index in [-0.39, 0.29) is 27.2 Å². The summed E-state index contributed by atoms with van der Waals surface area (Å²) in [6, 6.07) is 2.13. The molecule has 1 heterocycles. The average Bonchev–Trinajstić information content (AvgIpc) is 2.84. The highest BCUT2D eigenvalue weighted by Gasteiger charge is 2.19. The largest absolute Gasteiger partial charge is 0.331 e. The second kappa shape index (κ2) is 5.25. The van der Waals surface area contributed by atoms with Crippen molar-refractivity contribution in [1.29, 1.82) is 0 Å². The van der Waals surface area contributed by atoms with Crippen molar-refractivity contribution in [3.8, 4) is 0 Å². The number of halogens is 2. The van der Waals surface area contributed by atoms with Crippen LogP contribution in [0.4, 0.5) is 11.6 Å². The molecule has 0 bridgehead atoms. The molecule has 98 valence electrons. The number of aromatic nitrogens is 2. The molecule has 0 aliphatic carbocycles. The van der Waals surface area contributed by atoms with Crippen LogP contribution >= 0.6 is 23.2 Å². The smallest absolute Gasteiger partial charge is 0.271 e. The van der Waals surface area contributed by atoms with Crippen LogP contribution in [0.3, 0.4) is 0 Å². The molecule has 0 saturated carbocycles. The third-order valence-corrected chi connectivity index (χ3v) is 3.00. The highest BCUT2D eigenvalue weighted by molar-refractivity contribution is 6.44. The molecule has 1 amide bonds. The molecule has 19 heavy (non-hydrogen) atoms. The third-order valence-electron chi connectivity index (χ3n) is 2.20. The number of benzene rings is 1. The highest BCUT2D eigenvalue weighted by Crippen LogP contribution is 2.31. The van der Waals surface area contributed by atoms with E-state index in [1.807, 2.05) is 0 Å². The molecule has 0 fully saturated rings. The first-order chi connectivity index (χ1) is 8.99. The zero-order chi connectivity index (χ0) is 14.0. The SMILES string of the molecule is O=C(Nc1ncc[nH]1)c1cc([N+](=O)[O-])cc(Cl)c1Cl. The minimum Gasteiger partial charge on any atom is -0.331 e. The number of amides is 1. The molecule has 0 unspecified atom stereocenters. The summed E-state index contributed by atoms with van der Waals surface area (Å²) in [5.41, 5.74) is -0.420. The van der Waals surface area contributed by atoms with Gasteiger partial charge in [0.05, 0.1) is 20.5 Å². The summed E-state index contributed by atoms with van der Waals surface area (Å²) in [5, 5.41) is 13.0. The molecule has 2 aromatic rings. The van der Waals surface area contributed by atoms with Gasteiger partial charge in [0, 0.05) is 24.5 Å². The standard InChI is InChI=1S/C10H6Cl2N4O3/c11-7-4-5(16(18)19)3-6(8(7)12)9(17)15-10-13-1-2-14-10/h1-4H,(H2,13,14,15,17). The Labute approximate surface area is 116 Å². The van der Waals surface area contributed by atoms with E-state index < -0.39 is 10.8 Å². The minimum absolute atomic E-state index is 0.0590. The van der Waals surface area contributed by atoms with Crippen LogP contribution < -0.4 is 5.32 Å². The fourth-order valence-corrected chi connectivity index (χ4v) is 1.76. The summed E-state index contributed by atoms with van der Waals surface area (Å²) >= 11 is 11.6. The first-order valence-electron chi connectivity index (χ1n) is 4.93. The van der Waals surface area contributed by atoms with Crippen molar-refractivity contribution in [2.45, 2.75) is 0 Å². The molecule has 1 aromatic carbocycles. The molecule has 9 heteroatoms. The van der Waals surface area contributed by atoms with Gasteiger partial charge in [0.2, 0.25) is 5.95 Å². The van der Waals surface area contributed by atoms with Crippen molar-refractivity contribution in [2.24, 2.45) is 0 Å². The predicted octanol–water partition coefficient (Wildman–Crippen LogP) is 2.88. The van der Waals surface area contributed by atoms with Gasteiger partial charge in [-0.15, -0.1) is 0 Å². The number of nitrogens with one attached hydrogen (secondary N) is 2. The summed E-state index contributed by atoms with van der Waals surface area (Å²) < 4.78 is 0. The number of nitrogens with zero attached hydrogens (tertiary/aromatic N) is 2. The maximum atomic E-state index is 11.9. The molecule has 0 aliphatic rings.